The van der Waals surface area contributed by atoms with Crippen LogP contribution in [0.2, 0.25) is 0 Å². The lowest BCUT2D eigenvalue weighted by atomic mass is 10.0. The van der Waals surface area contributed by atoms with Crippen molar-refractivity contribution in [2.45, 2.75) is 30.6 Å². The third-order valence-electron chi connectivity index (χ3n) is 6.36. The lowest BCUT2D eigenvalue weighted by Gasteiger charge is -2.40. The number of aromatic nitrogens is 5. The highest BCUT2D eigenvalue weighted by Gasteiger charge is 2.91. The van der Waals surface area contributed by atoms with E-state index in [0.29, 0.717) is 29.9 Å². The summed E-state index contributed by atoms with van der Waals surface area (Å²) in [6, 6.07) is 7.25. The van der Waals surface area contributed by atoms with E-state index in [1.807, 2.05) is 0 Å². The fourth-order valence-corrected chi connectivity index (χ4v) is 6.27. The topological polar surface area (TPSA) is 151 Å². The van der Waals surface area contributed by atoms with Crippen molar-refractivity contribution < 1.29 is 37.2 Å². The van der Waals surface area contributed by atoms with Crippen molar-refractivity contribution in [3.63, 3.8) is 0 Å². The largest absolute Gasteiger partial charge is 0.486 e. The Morgan fingerprint density at radius 2 is 2.03 bits per heavy atom. The number of rotatable bonds is 5. The van der Waals surface area contributed by atoms with E-state index in [0.717, 1.165) is 11.0 Å². The van der Waals surface area contributed by atoms with Gasteiger partial charge in [-0.1, -0.05) is 6.07 Å². The van der Waals surface area contributed by atoms with Gasteiger partial charge in [-0.2, -0.15) is 4.80 Å². The molecule has 2 atom stereocenters. The van der Waals surface area contributed by atoms with E-state index < -0.39 is 37.5 Å². The van der Waals surface area contributed by atoms with E-state index in [4.69, 9.17) is 18.3 Å². The quantitative estimate of drug-likeness (QED) is 0.512. The van der Waals surface area contributed by atoms with Gasteiger partial charge >= 0.3 is 25.6 Å². The number of carbonyl (C=O) groups excluding carboxylic acids is 1. The monoisotopic (exact) mass is 502 g/mol. The minimum atomic E-state index is -4.00. The summed E-state index contributed by atoms with van der Waals surface area (Å²) in [7, 11) is -2.37. The third kappa shape index (κ3) is 2.76. The Kier molecular flexibility index (Phi) is 4.01. The molecular formula is C20H16FN6O7P. The minimum Gasteiger partial charge on any atom is -0.405 e. The number of tetrazole rings is 1. The zero-order chi connectivity index (χ0) is 24.2. The number of nitrogens with zero attached hydrogens (tertiary/aromatic N) is 6. The molecule has 0 radical (unpaired) electrons. The fraction of sp³-hybridized carbons (Fsp3) is 0.350. The van der Waals surface area contributed by atoms with Crippen LogP contribution < -0.4 is 4.90 Å². The van der Waals surface area contributed by atoms with Crippen LogP contribution in [0.25, 0.3) is 22.6 Å². The van der Waals surface area contributed by atoms with Crippen LogP contribution in [0.4, 0.5) is 14.9 Å². The molecule has 1 aromatic carbocycles. The number of aryl methyl sites for hydroxylation is 1. The summed E-state index contributed by atoms with van der Waals surface area (Å²) in [5, 5.41) is 22.5. The molecule has 5 fully saturated rings. The van der Waals surface area contributed by atoms with Gasteiger partial charge in [0.05, 0.1) is 12.7 Å². The molecule has 2 aromatic heterocycles. The van der Waals surface area contributed by atoms with Gasteiger partial charge in [-0.3, -0.25) is 4.98 Å². The molecule has 6 heterocycles. The Bertz CT molecular complexity index is 1440. The maximum absolute atomic E-state index is 15.2. The zero-order valence-electron chi connectivity index (χ0n) is 17.9. The number of carbonyl (C=O) groups is 1. The van der Waals surface area contributed by atoms with Gasteiger partial charge in [-0.25, -0.2) is 32.2 Å². The van der Waals surface area contributed by atoms with Crippen molar-refractivity contribution in [1.82, 2.24) is 25.2 Å². The number of pyridine rings is 1. The Morgan fingerprint density at radius 3 is 2.66 bits per heavy atom. The number of benzene rings is 1. The molecule has 1 spiro atoms. The SMILES string of the molecule is Cn1nnc(-c2ccc(-c3ccc(N4C(=O)O[C@]5([C@H](O)C6CC6)OP6(=O)OC45O6)cc3F)cn2)n1. The average Bonchev–Trinajstić information content (AvgIpc) is 3.37. The third-order valence-corrected chi connectivity index (χ3v) is 7.79. The van der Waals surface area contributed by atoms with Crippen molar-refractivity contribution >= 4 is 19.6 Å². The van der Waals surface area contributed by atoms with Crippen LogP contribution >= 0.6 is 7.82 Å². The molecule has 4 saturated heterocycles. The molecule has 35 heavy (non-hydrogen) atoms. The number of ether oxygens (including phenoxy) is 1. The van der Waals surface area contributed by atoms with Gasteiger partial charge in [-0.05, 0) is 48.2 Å². The first-order valence-electron chi connectivity index (χ1n) is 10.7. The highest BCUT2D eigenvalue weighted by atomic mass is 31.2. The van der Waals surface area contributed by atoms with Gasteiger partial charge in [0.25, 0.3) is 0 Å². The molecule has 1 saturated carbocycles. The molecule has 1 N–H and O–H groups in total. The van der Waals surface area contributed by atoms with E-state index in [-0.39, 0.29) is 17.2 Å². The van der Waals surface area contributed by atoms with Crippen LogP contribution in [-0.4, -0.2) is 54.2 Å². The summed E-state index contributed by atoms with van der Waals surface area (Å²) >= 11 is 0. The number of hydrogen-bond acceptors (Lipinski definition) is 11. The number of amides is 1. The molecule has 5 aliphatic rings. The predicted octanol–water partition coefficient (Wildman–Crippen LogP) is 2.34. The summed E-state index contributed by atoms with van der Waals surface area (Å²) in [4.78, 5) is 19.3. The van der Waals surface area contributed by atoms with Crippen molar-refractivity contribution in [2.75, 3.05) is 4.90 Å². The molecule has 1 amide bonds. The first kappa shape index (κ1) is 21.0. The highest BCUT2D eigenvalue weighted by Crippen LogP contribution is 2.81. The normalized spacial score (nSPS) is 31.7. The van der Waals surface area contributed by atoms with E-state index in [1.54, 1.807) is 19.2 Å². The van der Waals surface area contributed by atoms with E-state index in [9.17, 15) is 14.5 Å². The molecule has 3 aromatic rings. The fourth-order valence-electron chi connectivity index (χ4n) is 4.56. The standard InChI is InChI=1S/C20H16FN6O7P/c1-26-24-17(23-25-26)15-7-4-11(9-22-15)13-6-5-12(8-14(13)21)27-18(29)31-19(16(28)10-2-3-10)20(27)33-35(30,32-19)34-20/h4-10,16,28H,2-3H2,1H3/t16-,19-,20?,35?/m1/s1. The van der Waals surface area contributed by atoms with Gasteiger partial charge in [0.1, 0.15) is 17.6 Å². The predicted molar refractivity (Wildman–Crippen MR) is 111 cm³/mol. The molecule has 15 heteroatoms. The first-order chi connectivity index (χ1) is 16.7. The maximum Gasteiger partial charge on any atom is 0.486 e. The average molecular weight is 502 g/mol. The zero-order valence-corrected chi connectivity index (χ0v) is 18.8. The van der Waals surface area contributed by atoms with Crippen molar-refractivity contribution in [3.05, 3.63) is 42.3 Å². The van der Waals surface area contributed by atoms with Gasteiger partial charge in [0.2, 0.25) is 5.82 Å². The second-order valence-corrected chi connectivity index (χ2v) is 10.1. The van der Waals surface area contributed by atoms with Crippen LogP contribution in [0.15, 0.2) is 36.5 Å². The molecule has 4 aliphatic heterocycles. The second kappa shape index (κ2) is 6.68. The first-order valence-corrected chi connectivity index (χ1v) is 12.1. The minimum absolute atomic E-state index is 0.00575. The van der Waals surface area contributed by atoms with Crippen molar-refractivity contribution in [2.24, 2.45) is 13.0 Å². The Hall–Kier alpha value is -3.29. The molecule has 2 bridgehead atoms. The summed E-state index contributed by atoms with van der Waals surface area (Å²) in [6.07, 6.45) is 0.487. The van der Waals surface area contributed by atoms with Crippen molar-refractivity contribution in [1.29, 1.82) is 0 Å². The lowest BCUT2D eigenvalue weighted by molar-refractivity contribution is -0.284. The number of aliphatic hydroxyl groups is 1. The molecule has 13 nitrogen and oxygen atoms in total. The summed E-state index contributed by atoms with van der Waals surface area (Å²) in [6.45, 7) is 0. The molecule has 1 aliphatic carbocycles. The number of phosphoric acid groups is 1. The maximum atomic E-state index is 15.2. The molecular weight excluding hydrogens is 486 g/mol. The van der Waals surface area contributed by atoms with E-state index >= 15 is 4.39 Å². The Morgan fingerprint density at radius 1 is 1.23 bits per heavy atom. The number of anilines is 1. The highest BCUT2D eigenvalue weighted by molar-refractivity contribution is 7.50. The summed E-state index contributed by atoms with van der Waals surface area (Å²) in [5.74, 6) is -4.81. The Labute approximate surface area is 196 Å². The second-order valence-electron chi connectivity index (χ2n) is 8.65. The van der Waals surface area contributed by atoms with Crippen molar-refractivity contribution in [3.8, 4) is 22.6 Å². The van der Waals surface area contributed by atoms with Gasteiger partial charge in [0.15, 0.2) is 0 Å². The summed E-state index contributed by atoms with van der Waals surface area (Å²) < 4.78 is 49.2. The lowest BCUT2D eigenvalue weighted by Crippen LogP contribution is -2.64. The van der Waals surface area contributed by atoms with Crippen LogP contribution in [0.5, 0.6) is 0 Å². The Balaban J connectivity index is 1.22. The van der Waals surface area contributed by atoms with Gasteiger partial charge in [-0.15, -0.1) is 10.2 Å². The molecule has 0 unspecified atom stereocenters. The number of phosphoric ester groups is 1. The van der Waals surface area contributed by atoms with Gasteiger partial charge < -0.3 is 9.84 Å². The van der Waals surface area contributed by atoms with Crippen LogP contribution in [-0.2, 0) is 29.9 Å². The summed E-state index contributed by atoms with van der Waals surface area (Å²) in [5.41, 5.74) is 1.14. The number of halogens is 1. The van der Waals surface area contributed by atoms with E-state index in [2.05, 4.69) is 20.4 Å². The smallest absolute Gasteiger partial charge is 0.405 e. The molecule has 180 valence electrons. The number of hydrogen-bond donors (Lipinski definition) is 1. The van der Waals surface area contributed by atoms with Crippen LogP contribution in [0.3, 0.4) is 0 Å². The molecule has 8 rings (SSSR count). The van der Waals surface area contributed by atoms with E-state index in [1.165, 1.54) is 23.1 Å². The van der Waals surface area contributed by atoms with Crippen LogP contribution in [0, 0.1) is 11.7 Å². The van der Waals surface area contributed by atoms with Crippen LogP contribution in [0.1, 0.15) is 12.8 Å². The van der Waals surface area contributed by atoms with Gasteiger partial charge in [0, 0.05) is 17.3 Å². The number of aliphatic hydroxyl groups excluding tert-OH is 1.